The molecular weight excluding hydrogens is 318 g/mol. The third kappa shape index (κ3) is 4.91. The van der Waals surface area contributed by atoms with Crippen LogP contribution in [0, 0.1) is 0 Å². The fraction of sp³-hybridized carbons (Fsp3) is 0.211. The Hall–Kier alpha value is -3.15. The largest absolute Gasteiger partial charge is 0.469 e. The van der Waals surface area contributed by atoms with E-state index in [4.69, 9.17) is 4.42 Å². The highest BCUT2D eigenvalue weighted by molar-refractivity contribution is 5.76. The van der Waals surface area contributed by atoms with Gasteiger partial charge in [0.25, 0.3) is 5.56 Å². The zero-order chi connectivity index (χ0) is 17.5. The lowest BCUT2D eigenvalue weighted by Crippen LogP contribution is -2.26. The van der Waals surface area contributed by atoms with Crippen LogP contribution < -0.4 is 10.9 Å². The Bertz CT molecular complexity index is 857. The summed E-state index contributed by atoms with van der Waals surface area (Å²) < 4.78 is 5.51. The molecule has 25 heavy (non-hydrogen) atoms. The maximum Gasteiger partial charge on any atom is 0.250 e. The van der Waals surface area contributed by atoms with Crippen LogP contribution in [0.15, 0.2) is 70.3 Å². The number of nitrogens with one attached hydrogen (secondary N) is 2. The Kier molecular flexibility index (Phi) is 5.41. The van der Waals surface area contributed by atoms with Crippen LogP contribution in [0.5, 0.6) is 0 Å². The van der Waals surface area contributed by atoms with E-state index in [0.717, 1.165) is 11.3 Å². The molecule has 2 N–H and O–H groups in total. The smallest absolute Gasteiger partial charge is 0.250 e. The summed E-state index contributed by atoms with van der Waals surface area (Å²) in [5.41, 5.74) is 1.43. The molecule has 3 rings (SSSR count). The van der Waals surface area contributed by atoms with E-state index < -0.39 is 0 Å². The summed E-state index contributed by atoms with van der Waals surface area (Å²) in [4.78, 5) is 30.0. The van der Waals surface area contributed by atoms with Crippen LogP contribution in [-0.4, -0.2) is 15.9 Å². The van der Waals surface area contributed by atoms with E-state index in [0.29, 0.717) is 18.5 Å². The molecule has 3 aromatic rings. The number of hydrogen-bond acceptors (Lipinski definition) is 4. The number of aromatic amines is 1. The van der Waals surface area contributed by atoms with Crippen LogP contribution in [0.4, 0.5) is 0 Å². The number of rotatable bonds is 7. The first-order chi connectivity index (χ1) is 12.2. The summed E-state index contributed by atoms with van der Waals surface area (Å²) in [6, 6.07) is 15.1. The quantitative estimate of drug-likeness (QED) is 0.693. The van der Waals surface area contributed by atoms with Crippen LogP contribution in [0.2, 0.25) is 0 Å². The molecule has 1 atom stereocenters. The molecule has 1 amide bonds. The van der Waals surface area contributed by atoms with Gasteiger partial charge in [0, 0.05) is 18.4 Å². The van der Waals surface area contributed by atoms with Gasteiger partial charge in [0.15, 0.2) is 0 Å². The van der Waals surface area contributed by atoms with Crippen molar-refractivity contribution in [3.05, 3.63) is 88.5 Å². The van der Waals surface area contributed by atoms with Crippen molar-refractivity contribution in [2.45, 2.75) is 25.3 Å². The van der Waals surface area contributed by atoms with Crippen molar-refractivity contribution in [2.75, 3.05) is 0 Å². The molecule has 0 radical (unpaired) electrons. The molecule has 1 aromatic carbocycles. The lowest BCUT2D eigenvalue weighted by Gasteiger charge is -2.14. The Morgan fingerprint density at radius 3 is 2.76 bits per heavy atom. The van der Waals surface area contributed by atoms with Crippen molar-refractivity contribution in [1.29, 1.82) is 0 Å². The highest BCUT2D eigenvalue weighted by Crippen LogP contribution is 2.24. The van der Waals surface area contributed by atoms with Crippen molar-refractivity contribution >= 4 is 5.91 Å². The first kappa shape index (κ1) is 16.7. The van der Waals surface area contributed by atoms with E-state index in [9.17, 15) is 9.59 Å². The Labute approximate surface area is 144 Å². The number of carbonyl (C=O) groups excluding carboxylic acids is 1. The summed E-state index contributed by atoms with van der Waals surface area (Å²) in [5, 5.41) is 2.81. The normalized spacial score (nSPS) is 11.8. The van der Waals surface area contributed by atoms with Gasteiger partial charge in [0.2, 0.25) is 5.91 Å². The third-order valence-corrected chi connectivity index (χ3v) is 3.90. The zero-order valence-electron chi connectivity index (χ0n) is 13.6. The predicted molar refractivity (Wildman–Crippen MR) is 92.9 cm³/mol. The molecule has 128 valence electrons. The van der Waals surface area contributed by atoms with Gasteiger partial charge < -0.3 is 14.7 Å². The lowest BCUT2D eigenvalue weighted by atomic mass is 9.93. The highest BCUT2D eigenvalue weighted by atomic mass is 16.3. The summed E-state index contributed by atoms with van der Waals surface area (Å²) in [5.74, 6) is 0.622. The van der Waals surface area contributed by atoms with Gasteiger partial charge in [0.05, 0.1) is 24.8 Å². The molecule has 0 aliphatic carbocycles. The lowest BCUT2D eigenvalue weighted by molar-refractivity contribution is -0.121. The summed E-state index contributed by atoms with van der Waals surface area (Å²) >= 11 is 0. The van der Waals surface area contributed by atoms with Gasteiger partial charge in [-0.1, -0.05) is 30.3 Å². The van der Waals surface area contributed by atoms with Gasteiger partial charge in [-0.2, -0.15) is 0 Å². The standard InChI is InChI=1S/C19H19N3O3/c23-18(20-12-16-11-19(24)22-13-21-16)10-15(17-7-4-8-25-17)9-14-5-2-1-3-6-14/h1-8,11,13,15H,9-10,12H2,(H,20,23)(H,21,22,24). The average Bonchev–Trinajstić information content (AvgIpc) is 3.15. The second-order valence-electron chi connectivity index (χ2n) is 5.79. The fourth-order valence-electron chi connectivity index (χ4n) is 2.69. The average molecular weight is 337 g/mol. The number of furan rings is 1. The minimum Gasteiger partial charge on any atom is -0.469 e. The van der Waals surface area contributed by atoms with Gasteiger partial charge in [-0.05, 0) is 24.1 Å². The van der Waals surface area contributed by atoms with Crippen LogP contribution in [0.3, 0.4) is 0 Å². The van der Waals surface area contributed by atoms with Crippen LogP contribution in [0.25, 0.3) is 0 Å². The van der Waals surface area contributed by atoms with Crippen molar-refractivity contribution in [2.24, 2.45) is 0 Å². The third-order valence-electron chi connectivity index (χ3n) is 3.90. The van der Waals surface area contributed by atoms with Gasteiger partial charge in [0.1, 0.15) is 5.76 Å². The van der Waals surface area contributed by atoms with E-state index in [-0.39, 0.29) is 23.9 Å². The van der Waals surface area contributed by atoms with E-state index in [2.05, 4.69) is 15.3 Å². The molecule has 0 bridgehead atoms. The molecule has 0 saturated carbocycles. The van der Waals surface area contributed by atoms with Crippen molar-refractivity contribution in [3.63, 3.8) is 0 Å². The van der Waals surface area contributed by atoms with E-state index >= 15 is 0 Å². The number of H-pyrrole nitrogens is 1. The molecule has 1 unspecified atom stereocenters. The minimum absolute atomic E-state index is 0.0514. The zero-order valence-corrected chi connectivity index (χ0v) is 13.6. The fourth-order valence-corrected chi connectivity index (χ4v) is 2.69. The molecule has 2 aromatic heterocycles. The van der Waals surface area contributed by atoms with Crippen LogP contribution in [-0.2, 0) is 17.8 Å². The Morgan fingerprint density at radius 2 is 2.04 bits per heavy atom. The maximum atomic E-state index is 12.3. The predicted octanol–water partition coefficient (Wildman–Crippen LogP) is 2.40. The second kappa shape index (κ2) is 8.10. The molecule has 0 saturated heterocycles. The number of aromatic nitrogens is 2. The number of nitrogens with zero attached hydrogens (tertiary/aromatic N) is 1. The number of hydrogen-bond donors (Lipinski definition) is 2. The van der Waals surface area contributed by atoms with Gasteiger partial charge in [-0.15, -0.1) is 0 Å². The number of amides is 1. The molecule has 0 aliphatic heterocycles. The Morgan fingerprint density at radius 1 is 1.20 bits per heavy atom. The maximum absolute atomic E-state index is 12.3. The SMILES string of the molecule is O=C(CC(Cc1ccccc1)c1ccco1)NCc1cc(=O)[nH]cn1. The van der Waals surface area contributed by atoms with Crippen LogP contribution in [0.1, 0.15) is 29.4 Å². The van der Waals surface area contributed by atoms with Crippen LogP contribution >= 0.6 is 0 Å². The minimum atomic E-state index is -0.239. The molecule has 0 fully saturated rings. The summed E-state index contributed by atoms with van der Waals surface area (Å²) in [6.07, 6.45) is 3.95. The Balaban J connectivity index is 1.63. The van der Waals surface area contributed by atoms with Gasteiger partial charge >= 0.3 is 0 Å². The summed E-state index contributed by atoms with van der Waals surface area (Å²) in [7, 11) is 0. The molecule has 6 nitrogen and oxygen atoms in total. The van der Waals surface area contributed by atoms with Crippen molar-refractivity contribution < 1.29 is 9.21 Å². The molecular formula is C19H19N3O3. The first-order valence-corrected chi connectivity index (χ1v) is 8.08. The second-order valence-corrected chi connectivity index (χ2v) is 5.79. The van der Waals surface area contributed by atoms with Gasteiger partial charge in [-0.3, -0.25) is 9.59 Å². The topological polar surface area (TPSA) is 88.0 Å². The van der Waals surface area contributed by atoms with Crippen molar-refractivity contribution in [3.8, 4) is 0 Å². The van der Waals surface area contributed by atoms with E-state index in [1.54, 1.807) is 6.26 Å². The highest BCUT2D eigenvalue weighted by Gasteiger charge is 2.19. The molecule has 0 aliphatic rings. The first-order valence-electron chi connectivity index (χ1n) is 8.08. The molecule has 2 heterocycles. The van der Waals surface area contributed by atoms with Crippen molar-refractivity contribution in [1.82, 2.24) is 15.3 Å². The van der Waals surface area contributed by atoms with E-state index in [1.165, 1.54) is 12.4 Å². The monoisotopic (exact) mass is 337 g/mol. The molecule has 6 heteroatoms. The number of carbonyl (C=O) groups is 1. The van der Waals surface area contributed by atoms with Gasteiger partial charge in [-0.25, -0.2) is 4.98 Å². The number of benzene rings is 1. The van der Waals surface area contributed by atoms with E-state index in [1.807, 2.05) is 42.5 Å². The molecule has 0 spiro atoms. The summed E-state index contributed by atoms with van der Waals surface area (Å²) in [6.45, 7) is 0.221.